The number of nitrogens with zero attached hydrogens (tertiary/aromatic N) is 3. The molecular formula is C16H17FN4O3. The number of hydrogen-bond acceptors (Lipinski definition) is 4. The molecule has 0 saturated carbocycles. The number of halogens is 1. The molecular weight excluding hydrogens is 315 g/mol. The van der Waals surface area contributed by atoms with E-state index < -0.39 is 23.6 Å². The van der Waals surface area contributed by atoms with Crippen LogP contribution in [0.5, 0.6) is 0 Å². The van der Waals surface area contributed by atoms with Gasteiger partial charge in [0.15, 0.2) is 5.82 Å². The summed E-state index contributed by atoms with van der Waals surface area (Å²) in [6.07, 6.45) is 0.00650. The third kappa shape index (κ3) is 3.27. The van der Waals surface area contributed by atoms with Crippen molar-refractivity contribution in [2.24, 2.45) is 5.92 Å². The van der Waals surface area contributed by atoms with Crippen molar-refractivity contribution in [1.82, 2.24) is 20.1 Å². The molecule has 1 fully saturated rings. The van der Waals surface area contributed by atoms with Gasteiger partial charge >= 0.3 is 5.97 Å². The maximum absolute atomic E-state index is 13.4. The van der Waals surface area contributed by atoms with Crippen LogP contribution in [0.15, 0.2) is 24.3 Å². The smallest absolute Gasteiger partial charge is 0.308 e. The van der Waals surface area contributed by atoms with Crippen molar-refractivity contribution in [3.05, 3.63) is 47.3 Å². The second-order valence-electron chi connectivity index (χ2n) is 5.92. The lowest BCUT2D eigenvalue weighted by Gasteiger charge is -2.16. The highest BCUT2D eigenvalue weighted by molar-refractivity contribution is 5.80. The lowest BCUT2D eigenvalue weighted by Crippen LogP contribution is -2.31. The topological polar surface area (TPSA) is 99.2 Å². The van der Waals surface area contributed by atoms with Gasteiger partial charge in [-0.2, -0.15) is 5.10 Å². The van der Waals surface area contributed by atoms with Crippen molar-refractivity contribution in [3.63, 3.8) is 0 Å². The zero-order valence-electron chi connectivity index (χ0n) is 13.1. The number of aryl methyl sites for hydroxylation is 1. The monoisotopic (exact) mass is 332 g/mol. The van der Waals surface area contributed by atoms with Crippen LogP contribution in [0.1, 0.15) is 23.1 Å². The van der Waals surface area contributed by atoms with Crippen LogP contribution in [0.4, 0.5) is 4.39 Å². The molecule has 1 saturated heterocycles. The summed E-state index contributed by atoms with van der Waals surface area (Å²) < 4.78 is 13.4. The first-order valence-corrected chi connectivity index (χ1v) is 7.58. The minimum absolute atomic E-state index is 0.00650. The van der Waals surface area contributed by atoms with Crippen LogP contribution in [0, 0.1) is 18.7 Å². The van der Waals surface area contributed by atoms with E-state index in [9.17, 15) is 19.1 Å². The van der Waals surface area contributed by atoms with Crippen LogP contribution >= 0.6 is 0 Å². The summed E-state index contributed by atoms with van der Waals surface area (Å²) in [6.45, 7) is 2.07. The molecule has 7 nitrogen and oxygen atoms in total. The summed E-state index contributed by atoms with van der Waals surface area (Å²) in [4.78, 5) is 29.5. The summed E-state index contributed by atoms with van der Waals surface area (Å²) in [5, 5.41) is 16.0. The number of nitrogens with one attached hydrogen (secondary N) is 1. The number of aromatic amines is 1. The fourth-order valence-electron chi connectivity index (χ4n) is 3.05. The molecule has 24 heavy (non-hydrogen) atoms. The standard InChI is InChI=1S/C16H17FN4O3/c1-9-18-14(20-19-9)6-15(22)21-7-12(13(8-21)16(23)24)10-3-2-4-11(17)5-10/h2-5,12-13H,6-8H2,1H3,(H,23,24)(H,18,19,20)/t12-,13+/m1/s1. The molecule has 3 rings (SSSR count). The summed E-state index contributed by atoms with van der Waals surface area (Å²) in [5.74, 6) is -1.86. The molecule has 1 aliphatic rings. The second-order valence-corrected chi connectivity index (χ2v) is 5.92. The first-order valence-electron chi connectivity index (χ1n) is 7.58. The second kappa shape index (κ2) is 6.38. The van der Waals surface area contributed by atoms with Crippen LogP contribution in [-0.4, -0.2) is 50.2 Å². The maximum Gasteiger partial charge on any atom is 0.308 e. The SMILES string of the molecule is Cc1nc(CC(=O)N2C[C@H](C(=O)O)[C@@H](c3cccc(F)c3)C2)n[nH]1. The molecule has 1 aromatic heterocycles. The Morgan fingerprint density at radius 2 is 2.21 bits per heavy atom. The first kappa shape index (κ1) is 16.1. The van der Waals surface area contributed by atoms with Gasteiger partial charge in [0.2, 0.25) is 5.91 Å². The first-order chi connectivity index (χ1) is 11.4. The van der Waals surface area contributed by atoms with E-state index in [0.717, 1.165) is 0 Å². The minimum atomic E-state index is -0.992. The van der Waals surface area contributed by atoms with Gasteiger partial charge in [-0.25, -0.2) is 9.37 Å². The molecule has 8 heteroatoms. The number of aromatic nitrogens is 3. The Morgan fingerprint density at radius 1 is 1.42 bits per heavy atom. The molecule has 1 aliphatic heterocycles. The van der Waals surface area contributed by atoms with Crippen LogP contribution in [0.25, 0.3) is 0 Å². The molecule has 2 atom stereocenters. The van der Waals surface area contributed by atoms with Gasteiger partial charge in [0.25, 0.3) is 0 Å². The van der Waals surface area contributed by atoms with E-state index in [4.69, 9.17) is 0 Å². The lowest BCUT2D eigenvalue weighted by molar-refractivity contribution is -0.141. The Morgan fingerprint density at radius 3 is 2.83 bits per heavy atom. The average molecular weight is 332 g/mol. The van der Waals surface area contributed by atoms with E-state index in [1.54, 1.807) is 19.1 Å². The third-order valence-corrected chi connectivity index (χ3v) is 4.22. The van der Waals surface area contributed by atoms with Gasteiger partial charge in [-0.15, -0.1) is 0 Å². The van der Waals surface area contributed by atoms with Crippen molar-refractivity contribution >= 4 is 11.9 Å². The van der Waals surface area contributed by atoms with Crippen molar-refractivity contribution in [2.75, 3.05) is 13.1 Å². The Bertz CT molecular complexity index is 776. The normalized spacial score (nSPS) is 20.3. The Kier molecular flexibility index (Phi) is 4.28. The minimum Gasteiger partial charge on any atom is -0.481 e. The van der Waals surface area contributed by atoms with Crippen LogP contribution < -0.4 is 0 Å². The van der Waals surface area contributed by atoms with E-state index in [0.29, 0.717) is 17.2 Å². The molecule has 1 amide bonds. The predicted molar refractivity (Wildman–Crippen MR) is 81.7 cm³/mol. The van der Waals surface area contributed by atoms with Crippen molar-refractivity contribution in [3.8, 4) is 0 Å². The number of carbonyl (C=O) groups excluding carboxylic acids is 1. The van der Waals surface area contributed by atoms with Crippen molar-refractivity contribution < 1.29 is 19.1 Å². The van der Waals surface area contributed by atoms with Gasteiger partial charge in [0.05, 0.1) is 12.3 Å². The van der Waals surface area contributed by atoms with Crippen LogP contribution in [-0.2, 0) is 16.0 Å². The number of aliphatic carboxylic acids is 1. The molecule has 2 heterocycles. The molecule has 126 valence electrons. The van der Waals surface area contributed by atoms with Gasteiger partial charge in [-0.1, -0.05) is 12.1 Å². The number of rotatable bonds is 4. The highest BCUT2D eigenvalue weighted by atomic mass is 19.1. The molecule has 0 unspecified atom stereocenters. The van der Waals surface area contributed by atoms with Crippen LogP contribution in [0.3, 0.4) is 0 Å². The Balaban J connectivity index is 1.77. The number of carboxylic acids is 1. The highest BCUT2D eigenvalue weighted by Gasteiger charge is 2.40. The number of carbonyl (C=O) groups is 2. The van der Waals surface area contributed by atoms with Gasteiger partial charge in [-0.05, 0) is 24.6 Å². The van der Waals surface area contributed by atoms with E-state index in [2.05, 4.69) is 15.2 Å². The third-order valence-electron chi connectivity index (χ3n) is 4.22. The zero-order chi connectivity index (χ0) is 17.3. The zero-order valence-corrected chi connectivity index (χ0v) is 13.1. The summed E-state index contributed by atoms with van der Waals surface area (Å²) in [7, 11) is 0. The van der Waals surface area contributed by atoms with Gasteiger partial charge in [-0.3, -0.25) is 14.7 Å². The summed E-state index contributed by atoms with van der Waals surface area (Å²) >= 11 is 0. The van der Waals surface area contributed by atoms with E-state index in [1.807, 2.05) is 0 Å². The molecule has 0 aliphatic carbocycles. The number of hydrogen-bond donors (Lipinski definition) is 2. The molecule has 0 spiro atoms. The van der Waals surface area contributed by atoms with Crippen molar-refractivity contribution in [2.45, 2.75) is 19.3 Å². The molecule has 2 N–H and O–H groups in total. The van der Waals surface area contributed by atoms with E-state index in [1.165, 1.54) is 17.0 Å². The van der Waals surface area contributed by atoms with E-state index >= 15 is 0 Å². The quantitative estimate of drug-likeness (QED) is 0.874. The predicted octanol–water partition coefficient (Wildman–Crippen LogP) is 1.12. The van der Waals surface area contributed by atoms with Crippen LogP contribution in [0.2, 0.25) is 0 Å². The Labute approximate surface area is 137 Å². The summed E-state index contributed by atoms with van der Waals surface area (Å²) in [5.41, 5.74) is 0.589. The van der Waals surface area contributed by atoms with Gasteiger partial charge < -0.3 is 10.0 Å². The number of benzene rings is 1. The fourth-order valence-corrected chi connectivity index (χ4v) is 3.05. The number of likely N-dealkylation sites (tertiary alicyclic amines) is 1. The van der Waals surface area contributed by atoms with Gasteiger partial charge in [0, 0.05) is 19.0 Å². The van der Waals surface area contributed by atoms with E-state index in [-0.39, 0.29) is 25.4 Å². The largest absolute Gasteiger partial charge is 0.481 e. The Hall–Kier alpha value is -2.77. The molecule has 1 aromatic carbocycles. The number of amides is 1. The number of carboxylic acid groups (broad SMARTS) is 1. The average Bonchev–Trinajstić information content (AvgIpc) is 3.14. The lowest BCUT2D eigenvalue weighted by atomic mass is 9.89. The number of H-pyrrole nitrogens is 1. The molecule has 0 radical (unpaired) electrons. The van der Waals surface area contributed by atoms with Gasteiger partial charge in [0.1, 0.15) is 11.6 Å². The highest BCUT2D eigenvalue weighted by Crippen LogP contribution is 2.33. The van der Waals surface area contributed by atoms with Crippen molar-refractivity contribution in [1.29, 1.82) is 0 Å². The maximum atomic E-state index is 13.4. The molecule has 2 aromatic rings. The molecule has 0 bridgehead atoms. The summed E-state index contributed by atoms with van der Waals surface area (Å²) in [6, 6.07) is 5.87. The fraction of sp³-hybridized carbons (Fsp3) is 0.375.